The molecule has 1 nitrogen and oxygen atoms in total. The second-order valence-electron chi connectivity index (χ2n) is 8.14. The number of nitrogens with zero attached hydrogens (tertiary/aromatic N) is 1. The first-order valence-corrected chi connectivity index (χ1v) is 10.5. The van der Waals surface area contributed by atoms with E-state index in [9.17, 15) is 0 Å². The van der Waals surface area contributed by atoms with Crippen LogP contribution in [-0.2, 0) is 22.7 Å². The van der Waals surface area contributed by atoms with Crippen LogP contribution in [0.1, 0.15) is 54.4 Å². The molecule has 0 N–H and O–H groups in total. The Morgan fingerprint density at radius 1 is 0.846 bits per heavy atom. The summed E-state index contributed by atoms with van der Waals surface area (Å²) in [6.07, 6.45) is 6.57. The van der Waals surface area contributed by atoms with E-state index in [1.54, 1.807) is 0 Å². The van der Waals surface area contributed by atoms with E-state index >= 15 is 0 Å². The van der Waals surface area contributed by atoms with Gasteiger partial charge in [0, 0.05) is 6.54 Å². The van der Waals surface area contributed by atoms with Crippen molar-refractivity contribution in [2.75, 3.05) is 13.6 Å². The van der Waals surface area contributed by atoms with Gasteiger partial charge < -0.3 is 4.90 Å². The third-order valence-corrected chi connectivity index (χ3v) is 6.89. The fourth-order valence-electron chi connectivity index (χ4n) is 3.79. The summed E-state index contributed by atoms with van der Waals surface area (Å²) in [6, 6.07) is 17.5. The molecule has 0 aromatic heterocycles. The number of benzene rings is 2. The van der Waals surface area contributed by atoms with E-state index in [0.717, 1.165) is 51.6 Å². The molecular weight excluding hydrogens is 361 g/mol. The maximum atomic E-state index is 6.79. The lowest BCUT2D eigenvalue weighted by atomic mass is 9.94. The van der Waals surface area contributed by atoms with Crippen molar-refractivity contribution in [1.82, 2.24) is 4.90 Å². The van der Waals surface area contributed by atoms with Crippen molar-refractivity contribution in [1.29, 1.82) is 0 Å². The molecule has 2 saturated carbocycles. The molecule has 4 rings (SSSR count). The summed E-state index contributed by atoms with van der Waals surface area (Å²) in [4.78, 5) is 2.13. The highest BCUT2D eigenvalue weighted by Gasteiger charge is 2.50. The van der Waals surface area contributed by atoms with E-state index in [2.05, 4.69) is 60.5 Å². The quantitative estimate of drug-likeness (QED) is 0.486. The Morgan fingerprint density at radius 3 is 2.15 bits per heavy atom. The van der Waals surface area contributed by atoms with Gasteiger partial charge in [-0.25, -0.2) is 0 Å². The summed E-state index contributed by atoms with van der Waals surface area (Å²) >= 11 is 13.5. The molecule has 2 fully saturated rings. The first-order valence-electron chi connectivity index (χ1n) is 9.73. The minimum absolute atomic E-state index is 0.131. The SMILES string of the molecule is CN(CCCc1ccc(C2(Cl)CC2)c(C2(Cl)CC2)c1)Cc1ccccc1. The Balaban J connectivity index is 1.36. The first-order chi connectivity index (χ1) is 12.5. The minimum Gasteiger partial charge on any atom is -0.302 e. The van der Waals surface area contributed by atoms with Gasteiger partial charge in [0.2, 0.25) is 0 Å². The molecule has 2 aromatic rings. The summed E-state index contributed by atoms with van der Waals surface area (Å²) in [7, 11) is 2.20. The highest BCUT2D eigenvalue weighted by atomic mass is 35.5. The van der Waals surface area contributed by atoms with Crippen molar-refractivity contribution < 1.29 is 0 Å². The van der Waals surface area contributed by atoms with Gasteiger partial charge in [-0.05, 0) is 74.4 Å². The normalized spacial score (nSPS) is 19.5. The van der Waals surface area contributed by atoms with Crippen LogP contribution in [0.5, 0.6) is 0 Å². The number of hydrogen-bond donors (Lipinski definition) is 0. The maximum absolute atomic E-state index is 6.79. The molecule has 0 heterocycles. The number of alkyl halides is 2. The first kappa shape index (κ1) is 18.3. The van der Waals surface area contributed by atoms with Gasteiger partial charge in [-0.15, -0.1) is 23.2 Å². The molecule has 138 valence electrons. The lowest BCUT2D eigenvalue weighted by Gasteiger charge is -2.20. The van der Waals surface area contributed by atoms with Crippen molar-refractivity contribution in [3.05, 3.63) is 70.8 Å². The van der Waals surface area contributed by atoms with Crippen LogP contribution in [0.2, 0.25) is 0 Å². The Kier molecular flexibility index (Phi) is 5.07. The second kappa shape index (κ2) is 7.19. The van der Waals surface area contributed by atoms with Crippen LogP contribution in [0.3, 0.4) is 0 Å². The zero-order valence-corrected chi connectivity index (χ0v) is 17.0. The second-order valence-corrected chi connectivity index (χ2v) is 9.58. The summed E-state index contributed by atoms with van der Waals surface area (Å²) < 4.78 is 0. The highest BCUT2D eigenvalue weighted by Crippen LogP contribution is 2.60. The summed E-state index contributed by atoms with van der Waals surface area (Å²) in [5, 5.41) is 0. The summed E-state index contributed by atoms with van der Waals surface area (Å²) in [6.45, 7) is 2.10. The van der Waals surface area contributed by atoms with E-state index in [0.29, 0.717) is 0 Å². The van der Waals surface area contributed by atoms with Gasteiger partial charge in [0.15, 0.2) is 0 Å². The van der Waals surface area contributed by atoms with Crippen LogP contribution in [0.25, 0.3) is 0 Å². The zero-order chi connectivity index (χ0) is 18.2. The van der Waals surface area contributed by atoms with E-state index in [1.165, 1.54) is 22.3 Å². The van der Waals surface area contributed by atoms with Gasteiger partial charge in [0.25, 0.3) is 0 Å². The van der Waals surface area contributed by atoms with Crippen LogP contribution in [0, 0.1) is 0 Å². The molecule has 2 aliphatic carbocycles. The van der Waals surface area contributed by atoms with Gasteiger partial charge in [-0.3, -0.25) is 0 Å². The Labute approximate surface area is 167 Å². The van der Waals surface area contributed by atoms with Crippen molar-refractivity contribution in [3.8, 4) is 0 Å². The third-order valence-electron chi connectivity index (χ3n) is 5.73. The molecule has 3 heteroatoms. The van der Waals surface area contributed by atoms with Crippen LogP contribution >= 0.6 is 23.2 Å². The topological polar surface area (TPSA) is 3.24 Å². The third kappa shape index (κ3) is 4.11. The number of hydrogen-bond acceptors (Lipinski definition) is 1. The Bertz CT molecular complexity index is 763. The monoisotopic (exact) mass is 387 g/mol. The zero-order valence-electron chi connectivity index (χ0n) is 15.5. The Hall–Kier alpha value is -1.02. The van der Waals surface area contributed by atoms with Crippen LogP contribution in [0.15, 0.2) is 48.5 Å². The molecule has 0 radical (unpaired) electrons. The molecule has 26 heavy (non-hydrogen) atoms. The molecular formula is C23H27Cl2N. The van der Waals surface area contributed by atoms with Crippen LogP contribution in [0.4, 0.5) is 0 Å². The average molecular weight is 388 g/mol. The predicted octanol–water partition coefficient (Wildman–Crippen LogP) is 6.21. The van der Waals surface area contributed by atoms with Crippen molar-refractivity contribution >= 4 is 23.2 Å². The maximum Gasteiger partial charge on any atom is 0.0699 e. The van der Waals surface area contributed by atoms with Crippen molar-refractivity contribution in [3.63, 3.8) is 0 Å². The van der Waals surface area contributed by atoms with Gasteiger partial charge in [0.1, 0.15) is 0 Å². The van der Waals surface area contributed by atoms with Gasteiger partial charge in [-0.2, -0.15) is 0 Å². The summed E-state index contributed by atoms with van der Waals surface area (Å²) in [5.74, 6) is 0. The van der Waals surface area contributed by atoms with E-state index < -0.39 is 0 Å². The molecule has 0 amide bonds. The van der Waals surface area contributed by atoms with Crippen molar-refractivity contribution in [2.45, 2.75) is 54.8 Å². The van der Waals surface area contributed by atoms with E-state index in [-0.39, 0.29) is 9.75 Å². The standard InChI is InChI=1S/C23H27Cl2N/c1-26(17-19-6-3-2-4-7-19)15-5-8-18-9-10-20(22(24)11-12-22)21(16-18)23(25)13-14-23/h2-4,6-7,9-10,16H,5,8,11-15,17H2,1H3. The highest BCUT2D eigenvalue weighted by molar-refractivity contribution is 6.28. The lowest BCUT2D eigenvalue weighted by Crippen LogP contribution is -2.19. The number of aryl methyl sites for hydroxylation is 1. The van der Waals surface area contributed by atoms with Crippen LogP contribution < -0.4 is 0 Å². The largest absolute Gasteiger partial charge is 0.302 e. The minimum atomic E-state index is -0.139. The summed E-state index contributed by atoms with van der Waals surface area (Å²) in [5.41, 5.74) is 5.36. The fraction of sp³-hybridized carbons (Fsp3) is 0.478. The molecule has 0 spiro atoms. The van der Waals surface area contributed by atoms with Gasteiger partial charge in [0.05, 0.1) is 9.75 Å². The molecule has 0 bridgehead atoms. The molecule has 2 aliphatic rings. The van der Waals surface area contributed by atoms with Gasteiger partial charge >= 0.3 is 0 Å². The van der Waals surface area contributed by atoms with Crippen LogP contribution in [-0.4, -0.2) is 18.5 Å². The van der Waals surface area contributed by atoms with Crippen molar-refractivity contribution in [2.24, 2.45) is 0 Å². The van der Waals surface area contributed by atoms with E-state index in [4.69, 9.17) is 23.2 Å². The smallest absolute Gasteiger partial charge is 0.0699 e. The Morgan fingerprint density at radius 2 is 1.50 bits per heavy atom. The van der Waals surface area contributed by atoms with E-state index in [1.807, 2.05) is 0 Å². The van der Waals surface area contributed by atoms with Gasteiger partial charge in [-0.1, -0.05) is 48.5 Å². The molecule has 0 atom stereocenters. The molecule has 2 aromatic carbocycles. The number of halogens is 2. The molecule has 0 saturated heterocycles. The number of rotatable bonds is 8. The molecule has 0 aliphatic heterocycles. The lowest BCUT2D eigenvalue weighted by molar-refractivity contribution is 0.322. The average Bonchev–Trinajstić information content (AvgIpc) is 3.55. The molecule has 0 unspecified atom stereocenters. The fourth-order valence-corrected chi connectivity index (χ4v) is 4.30. The predicted molar refractivity (Wildman–Crippen MR) is 111 cm³/mol.